The molecule has 0 fully saturated rings. The summed E-state index contributed by atoms with van der Waals surface area (Å²) in [6, 6.07) is 0. The summed E-state index contributed by atoms with van der Waals surface area (Å²) >= 11 is 0. The molecule has 100 valence electrons. The van der Waals surface area contributed by atoms with Crippen LogP contribution in [0, 0.1) is 0 Å². The molecule has 0 aliphatic rings. The van der Waals surface area contributed by atoms with Gasteiger partial charge in [0.2, 0.25) is 0 Å². The van der Waals surface area contributed by atoms with Gasteiger partial charge in [0.05, 0.1) is 0 Å². The lowest BCUT2D eigenvalue weighted by molar-refractivity contribution is -0.0522. The van der Waals surface area contributed by atoms with Crippen LogP contribution in [0.25, 0.3) is 0 Å². The predicted octanol–water partition coefficient (Wildman–Crippen LogP) is 0.103. The number of alkyl halides is 6. The molecule has 0 aromatic carbocycles. The average molecular weight is 298 g/mol. The molecule has 0 aliphatic carbocycles. The molecular formula is C2F6O6S2-2. The van der Waals surface area contributed by atoms with Crippen LogP contribution in [0.1, 0.15) is 0 Å². The van der Waals surface area contributed by atoms with E-state index in [4.69, 9.17) is 25.9 Å². The lowest BCUT2D eigenvalue weighted by Crippen LogP contribution is -2.21. The van der Waals surface area contributed by atoms with Crippen LogP contribution in [0.4, 0.5) is 26.3 Å². The summed E-state index contributed by atoms with van der Waals surface area (Å²) in [4.78, 5) is 0. The summed E-state index contributed by atoms with van der Waals surface area (Å²) < 4.78 is 118. The average Bonchev–Trinajstić information content (AvgIpc) is 1.77. The van der Waals surface area contributed by atoms with Crippen LogP contribution in [0.3, 0.4) is 0 Å². The van der Waals surface area contributed by atoms with E-state index < -0.39 is 31.3 Å². The minimum atomic E-state index is -6.09. The molecule has 14 heteroatoms. The first-order valence-electron chi connectivity index (χ1n) is 2.54. The summed E-state index contributed by atoms with van der Waals surface area (Å²) in [6.45, 7) is 0. The minimum Gasteiger partial charge on any atom is -0.741 e. The normalized spacial score (nSPS) is 14.0. The Morgan fingerprint density at radius 2 is 0.688 bits per heavy atom. The van der Waals surface area contributed by atoms with Gasteiger partial charge in [0.25, 0.3) is 0 Å². The maximum atomic E-state index is 10.7. The van der Waals surface area contributed by atoms with Crippen molar-refractivity contribution in [3.63, 3.8) is 0 Å². The van der Waals surface area contributed by atoms with E-state index in [1.165, 1.54) is 0 Å². The fourth-order valence-electron chi connectivity index (χ4n) is 0. The Morgan fingerprint density at radius 1 is 0.625 bits per heavy atom. The van der Waals surface area contributed by atoms with Gasteiger partial charge in [0, 0.05) is 0 Å². The van der Waals surface area contributed by atoms with Gasteiger partial charge in [-0.1, -0.05) is 0 Å². The maximum Gasteiger partial charge on any atom is 0.485 e. The Balaban J connectivity index is 0. The van der Waals surface area contributed by atoms with Crippen molar-refractivity contribution >= 4 is 20.2 Å². The van der Waals surface area contributed by atoms with E-state index in [-0.39, 0.29) is 0 Å². The van der Waals surface area contributed by atoms with E-state index in [0.717, 1.165) is 0 Å². The van der Waals surface area contributed by atoms with Crippen molar-refractivity contribution in [2.45, 2.75) is 11.0 Å². The fourth-order valence-corrected chi connectivity index (χ4v) is 0. The highest BCUT2D eigenvalue weighted by Gasteiger charge is 2.37. The molecule has 0 aliphatic heterocycles. The van der Waals surface area contributed by atoms with Crippen molar-refractivity contribution in [2.75, 3.05) is 0 Å². The highest BCUT2D eigenvalue weighted by molar-refractivity contribution is 7.86. The number of rotatable bonds is 0. The third kappa shape index (κ3) is 6.81. The van der Waals surface area contributed by atoms with Crippen LogP contribution >= 0.6 is 0 Å². The number of halogens is 6. The third-order valence-corrected chi connectivity index (χ3v) is 1.70. The van der Waals surface area contributed by atoms with Crippen molar-refractivity contribution in [3.05, 3.63) is 0 Å². The van der Waals surface area contributed by atoms with Gasteiger partial charge in [-0.15, -0.1) is 0 Å². The first kappa shape index (κ1) is 17.8. The van der Waals surface area contributed by atoms with Crippen LogP contribution in [0.2, 0.25) is 0 Å². The van der Waals surface area contributed by atoms with E-state index in [1.54, 1.807) is 0 Å². The molecule has 0 bridgehead atoms. The van der Waals surface area contributed by atoms with Crippen LogP contribution in [-0.4, -0.2) is 37.0 Å². The van der Waals surface area contributed by atoms with Gasteiger partial charge in [-0.2, -0.15) is 26.3 Å². The lowest BCUT2D eigenvalue weighted by Gasteiger charge is -2.08. The summed E-state index contributed by atoms with van der Waals surface area (Å²) in [5, 5.41) is 0. The fraction of sp³-hybridized carbons (Fsp3) is 1.00. The van der Waals surface area contributed by atoms with Crippen molar-refractivity contribution in [2.24, 2.45) is 0 Å². The zero-order valence-corrected chi connectivity index (χ0v) is 8.17. The summed E-state index contributed by atoms with van der Waals surface area (Å²) in [7, 11) is -12.2. The third-order valence-electron chi connectivity index (χ3n) is 0.567. The first-order chi connectivity index (χ1) is 6.50. The van der Waals surface area contributed by atoms with E-state index >= 15 is 0 Å². The van der Waals surface area contributed by atoms with Crippen LogP contribution < -0.4 is 0 Å². The van der Waals surface area contributed by atoms with Crippen LogP contribution in [0.15, 0.2) is 0 Å². The second kappa shape index (κ2) is 4.72. The van der Waals surface area contributed by atoms with Gasteiger partial charge in [0.1, 0.15) is 0 Å². The molecule has 0 unspecified atom stereocenters. The molecule has 0 heterocycles. The van der Waals surface area contributed by atoms with Gasteiger partial charge in [-0.3, -0.25) is 0 Å². The smallest absolute Gasteiger partial charge is 0.485 e. The Morgan fingerprint density at radius 3 is 0.688 bits per heavy atom. The van der Waals surface area contributed by atoms with E-state index in [9.17, 15) is 26.3 Å². The quantitative estimate of drug-likeness (QED) is 0.356. The Bertz CT molecular complexity index is 369. The Labute approximate surface area is 84.4 Å². The second-order valence-corrected chi connectivity index (χ2v) is 4.54. The van der Waals surface area contributed by atoms with Gasteiger partial charge in [0.15, 0.2) is 20.2 Å². The highest BCUT2D eigenvalue weighted by Crippen LogP contribution is 2.20. The molecule has 0 rings (SSSR count). The largest absolute Gasteiger partial charge is 0.741 e. The Hall–Kier alpha value is -0.600. The molecule has 16 heavy (non-hydrogen) atoms. The molecule has 0 radical (unpaired) electrons. The van der Waals surface area contributed by atoms with Gasteiger partial charge >= 0.3 is 11.0 Å². The molecule has 0 saturated carbocycles. The van der Waals surface area contributed by atoms with Crippen molar-refractivity contribution in [3.8, 4) is 0 Å². The zero-order chi connectivity index (χ0) is 14.0. The van der Waals surface area contributed by atoms with Crippen molar-refractivity contribution in [1.29, 1.82) is 0 Å². The number of hydrogen-bond acceptors (Lipinski definition) is 6. The first-order valence-corrected chi connectivity index (χ1v) is 5.36. The number of hydrogen-bond donors (Lipinski definition) is 0. The predicted molar refractivity (Wildman–Crippen MR) is 31.5 cm³/mol. The highest BCUT2D eigenvalue weighted by atomic mass is 32.2. The molecule has 0 atom stereocenters. The van der Waals surface area contributed by atoms with E-state index in [2.05, 4.69) is 0 Å². The van der Waals surface area contributed by atoms with Crippen LogP contribution in [-0.2, 0) is 20.2 Å². The second-order valence-electron chi connectivity index (χ2n) is 1.80. The Kier molecular flexibility index (Phi) is 5.25. The van der Waals surface area contributed by atoms with Crippen molar-refractivity contribution < 1.29 is 52.3 Å². The molecule has 0 saturated heterocycles. The minimum absolute atomic E-state index is 5.65. The molecule has 0 amide bonds. The van der Waals surface area contributed by atoms with Crippen molar-refractivity contribution in [1.82, 2.24) is 0 Å². The van der Waals surface area contributed by atoms with Gasteiger partial charge < -0.3 is 9.11 Å². The maximum absolute atomic E-state index is 10.7. The lowest BCUT2D eigenvalue weighted by atomic mass is 11.6. The van der Waals surface area contributed by atoms with E-state index in [1.807, 2.05) is 0 Å². The van der Waals surface area contributed by atoms with E-state index in [0.29, 0.717) is 0 Å². The monoisotopic (exact) mass is 298 g/mol. The topological polar surface area (TPSA) is 114 Å². The molecule has 0 aromatic heterocycles. The molecule has 0 N–H and O–H groups in total. The molecular weight excluding hydrogens is 298 g/mol. The zero-order valence-electron chi connectivity index (χ0n) is 6.53. The van der Waals surface area contributed by atoms with Gasteiger partial charge in [-0.05, 0) is 0 Å². The summed E-state index contributed by atoms with van der Waals surface area (Å²) in [5.41, 5.74) is -11.3. The van der Waals surface area contributed by atoms with Gasteiger partial charge in [-0.25, -0.2) is 16.8 Å². The SMILES string of the molecule is O=S(=O)([O-])C(F)(F)F.O=S(=O)([O-])C(F)(F)F. The summed E-state index contributed by atoms with van der Waals surface area (Å²) in [5.74, 6) is 0. The summed E-state index contributed by atoms with van der Waals surface area (Å²) in [6.07, 6.45) is 0. The molecule has 0 aromatic rings. The van der Waals surface area contributed by atoms with Crippen LogP contribution in [0.5, 0.6) is 0 Å². The standard InChI is InChI=1S/2CHF3O3S/c2*2-1(3,4)8(5,6)7/h2*(H,5,6,7)/p-2. The molecule has 0 spiro atoms. The molecule has 6 nitrogen and oxygen atoms in total.